The summed E-state index contributed by atoms with van der Waals surface area (Å²) in [5, 5.41) is 4.07. The maximum atomic E-state index is 13.1. The van der Waals surface area contributed by atoms with Gasteiger partial charge in [-0.3, -0.25) is 14.9 Å². The average Bonchev–Trinajstić information content (AvgIpc) is 3.11. The highest BCUT2D eigenvalue weighted by Gasteiger charge is 2.60. The Kier molecular flexibility index (Phi) is 4.58. The van der Waals surface area contributed by atoms with Crippen LogP contribution in [0.2, 0.25) is 5.02 Å². The molecule has 2 aliphatic heterocycles. The number of nitrogens with zero attached hydrogens (tertiary/aromatic N) is 1. The Labute approximate surface area is 173 Å². The third-order valence-corrected chi connectivity index (χ3v) is 5.26. The van der Waals surface area contributed by atoms with Crippen LogP contribution < -0.4 is 15.5 Å². The van der Waals surface area contributed by atoms with Gasteiger partial charge in [0.05, 0.1) is 16.3 Å². The van der Waals surface area contributed by atoms with E-state index in [4.69, 9.17) is 11.6 Å². The second-order valence-electron chi connectivity index (χ2n) is 6.73. The zero-order valence-corrected chi connectivity index (χ0v) is 15.8. The average molecular weight is 436 g/mol. The molecule has 0 bridgehead atoms. The molecule has 1 spiro atoms. The Balaban J connectivity index is 1.63. The Morgan fingerprint density at radius 1 is 1.10 bits per heavy atom. The Morgan fingerprint density at radius 3 is 2.50 bits per heavy atom. The topological polar surface area (TPSA) is 78.5 Å². The molecule has 1 fully saturated rings. The quantitative estimate of drug-likeness (QED) is 0.572. The van der Waals surface area contributed by atoms with Gasteiger partial charge in [0, 0.05) is 12.1 Å². The summed E-state index contributed by atoms with van der Waals surface area (Å²) in [6.07, 6.45) is -1.68. The van der Waals surface area contributed by atoms with E-state index in [1.807, 2.05) is 0 Å². The van der Waals surface area contributed by atoms with Crippen LogP contribution in [0.3, 0.4) is 0 Å². The largest absolute Gasteiger partial charge is 0.417 e. The molecule has 4 rings (SSSR count). The van der Waals surface area contributed by atoms with Gasteiger partial charge in [0.2, 0.25) is 5.54 Å². The van der Waals surface area contributed by atoms with Crippen LogP contribution in [0.1, 0.15) is 16.7 Å². The van der Waals surface area contributed by atoms with Crippen LogP contribution in [-0.2, 0) is 21.3 Å². The normalized spacial score (nSPS) is 20.8. The minimum atomic E-state index is -4.59. The predicted octanol–water partition coefficient (Wildman–Crippen LogP) is 3.45. The third kappa shape index (κ3) is 3.02. The van der Waals surface area contributed by atoms with Gasteiger partial charge in [-0.1, -0.05) is 48.0 Å². The van der Waals surface area contributed by atoms with Crippen molar-refractivity contribution < 1.29 is 27.6 Å². The number of halogens is 4. The molecule has 1 atom stereocenters. The lowest BCUT2D eigenvalue weighted by atomic mass is 9.92. The highest BCUT2D eigenvalue weighted by Crippen LogP contribution is 2.42. The number of hydrogen-bond donors (Lipinski definition) is 2. The standard InChI is InChI=1S/C20H13ClF3N3O3/c21-14-8-7-11(10-13(14)20(22,23)24)4-3-9-27-15-6-2-1-5-12(15)19(17(27)29)16(28)25-18(30)26-19/h1-8,10H,9H2,(H2,25,26,28,30)/t19-/m1/s1. The number of imide groups is 1. The first kappa shape index (κ1) is 20.0. The number of hydrogen-bond acceptors (Lipinski definition) is 3. The van der Waals surface area contributed by atoms with Gasteiger partial charge < -0.3 is 10.2 Å². The molecule has 0 aromatic heterocycles. The van der Waals surface area contributed by atoms with Gasteiger partial charge in [0.15, 0.2) is 0 Å². The molecular formula is C20H13ClF3N3O3. The highest BCUT2D eigenvalue weighted by molar-refractivity contribution is 6.31. The van der Waals surface area contributed by atoms with Gasteiger partial charge in [-0.2, -0.15) is 13.2 Å². The van der Waals surface area contributed by atoms with Crippen molar-refractivity contribution in [3.8, 4) is 0 Å². The molecule has 2 aromatic carbocycles. The monoisotopic (exact) mass is 435 g/mol. The van der Waals surface area contributed by atoms with Gasteiger partial charge in [0.25, 0.3) is 11.8 Å². The van der Waals surface area contributed by atoms with Crippen molar-refractivity contribution in [2.75, 3.05) is 11.4 Å². The predicted molar refractivity (Wildman–Crippen MR) is 103 cm³/mol. The van der Waals surface area contributed by atoms with E-state index in [0.717, 1.165) is 12.1 Å². The molecule has 0 aliphatic carbocycles. The van der Waals surface area contributed by atoms with Crippen LogP contribution in [0.4, 0.5) is 23.7 Å². The lowest BCUT2D eigenvalue weighted by Gasteiger charge is -2.20. The van der Waals surface area contributed by atoms with Crippen molar-refractivity contribution in [1.82, 2.24) is 10.6 Å². The molecule has 0 unspecified atom stereocenters. The van der Waals surface area contributed by atoms with Crippen molar-refractivity contribution >= 4 is 41.2 Å². The van der Waals surface area contributed by atoms with E-state index >= 15 is 0 Å². The summed E-state index contributed by atoms with van der Waals surface area (Å²) in [4.78, 5) is 38.4. The molecule has 2 aromatic rings. The summed E-state index contributed by atoms with van der Waals surface area (Å²) in [6.45, 7) is -0.0231. The van der Waals surface area contributed by atoms with Crippen LogP contribution in [0.25, 0.3) is 6.08 Å². The third-order valence-electron chi connectivity index (χ3n) is 4.93. The number of urea groups is 1. The Bertz CT molecular complexity index is 1120. The van der Waals surface area contributed by atoms with Gasteiger partial charge in [0.1, 0.15) is 0 Å². The molecule has 0 radical (unpaired) electrons. The highest BCUT2D eigenvalue weighted by atomic mass is 35.5. The van der Waals surface area contributed by atoms with Crippen molar-refractivity contribution in [2.45, 2.75) is 11.7 Å². The van der Waals surface area contributed by atoms with Crippen LogP contribution in [0.15, 0.2) is 48.5 Å². The lowest BCUT2D eigenvalue weighted by Crippen LogP contribution is -2.52. The number of benzene rings is 2. The number of amides is 4. The maximum absolute atomic E-state index is 13.1. The maximum Gasteiger partial charge on any atom is 0.417 e. The SMILES string of the molecule is O=C1NC(=O)[C@@]2(N1)C(=O)N(CC=Cc1ccc(Cl)c(C(F)(F)F)c1)c1ccccc12. The van der Waals surface area contributed by atoms with Crippen molar-refractivity contribution in [2.24, 2.45) is 0 Å². The van der Waals surface area contributed by atoms with Crippen molar-refractivity contribution in [3.63, 3.8) is 0 Å². The minimum Gasteiger partial charge on any atom is -0.312 e. The molecule has 6 nitrogen and oxygen atoms in total. The number of alkyl halides is 3. The fourth-order valence-corrected chi connectivity index (χ4v) is 3.81. The van der Waals surface area contributed by atoms with E-state index < -0.39 is 40.1 Å². The number of carbonyl (C=O) groups excluding carboxylic acids is 3. The second kappa shape index (κ2) is 6.88. The van der Waals surface area contributed by atoms with Crippen molar-refractivity contribution in [3.05, 3.63) is 70.3 Å². The number of para-hydroxylation sites is 1. The molecule has 0 saturated carbocycles. The van der Waals surface area contributed by atoms with Gasteiger partial charge in [-0.15, -0.1) is 0 Å². The molecule has 154 valence electrons. The van der Waals surface area contributed by atoms with E-state index in [-0.39, 0.29) is 12.1 Å². The summed E-state index contributed by atoms with van der Waals surface area (Å²) in [5.41, 5.74) is -1.80. The summed E-state index contributed by atoms with van der Waals surface area (Å²) in [6, 6.07) is 9.19. The summed E-state index contributed by atoms with van der Waals surface area (Å²) in [5.74, 6) is -1.42. The molecule has 2 heterocycles. The first-order valence-corrected chi connectivity index (χ1v) is 9.11. The van der Waals surface area contributed by atoms with Crippen LogP contribution in [0.5, 0.6) is 0 Å². The second-order valence-corrected chi connectivity index (χ2v) is 7.14. The van der Waals surface area contributed by atoms with Crippen LogP contribution in [-0.4, -0.2) is 24.4 Å². The Morgan fingerprint density at radius 2 is 1.83 bits per heavy atom. The smallest absolute Gasteiger partial charge is 0.312 e. The first-order valence-electron chi connectivity index (χ1n) is 8.73. The van der Waals surface area contributed by atoms with Gasteiger partial charge >= 0.3 is 12.2 Å². The Hall–Kier alpha value is -3.33. The summed E-state index contributed by atoms with van der Waals surface area (Å²) < 4.78 is 39.1. The molecule has 10 heteroatoms. The zero-order chi connectivity index (χ0) is 21.7. The number of anilines is 1. The molecule has 2 aliphatic rings. The number of nitrogens with one attached hydrogen (secondary N) is 2. The number of carbonyl (C=O) groups is 3. The first-order chi connectivity index (χ1) is 14.1. The van der Waals surface area contributed by atoms with Gasteiger partial charge in [-0.05, 0) is 23.8 Å². The zero-order valence-electron chi connectivity index (χ0n) is 15.1. The molecule has 30 heavy (non-hydrogen) atoms. The fourth-order valence-electron chi connectivity index (χ4n) is 3.59. The van der Waals surface area contributed by atoms with E-state index in [1.54, 1.807) is 24.3 Å². The summed E-state index contributed by atoms with van der Waals surface area (Å²) in [7, 11) is 0. The summed E-state index contributed by atoms with van der Waals surface area (Å²) >= 11 is 5.62. The fraction of sp³-hybridized carbons (Fsp3) is 0.150. The lowest BCUT2D eigenvalue weighted by molar-refractivity contribution is -0.137. The van der Waals surface area contributed by atoms with Crippen LogP contribution >= 0.6 is 11.6 Å². The van der Waals surface area contributed by atoms with Crippen LogP contribution in [0, 0.1) is 0 Å². The van der Waals surface area contributed by atoms with E-state index in [9.17, 15) is 27.6 Å². The number of rotatable bonds is 3. The molecular weight excluding hydrogens is 423 g/mol. The molecule has 2 N–H and O–H groups in total. The van der Waals surface area contributed by atoms with E-state index in [1.165, 1.54) is 23.1 Å². The van der Waals surface area contributed by atoms with E-state index in [0.29, 0.717) is 11.3 Å². The van der Waals surface area contributed by atoms with E-state index in [2.05, 4.69) is 10.6 Å². The number of fused-ring (bicyclic) bond motifs is 2. The van der Waals surface area contributed by atoms with Gasteiger partial charge in [-0.25, -0.2) is 4.79 Å². The minimum absolute atomic E-state index is 0.0231. The van der Waals surface area contributed by atoms with Crippen molar-refractivity contribution in [1.29, 1.82) is 0 Å². The molecule has 4 amide bonds. The molecule has 1 saturated heterocycles.